The third-order valence-corrected chi connectivity index (χ3v) is 5.62. The minimum absolute atomic E-state index is 0.0668. The lowest BCUT2D eigenvalue weighted by Crippen LogP contribution is -2.40. The molecule has 1 aromatic carbocycles. The van der Waals surface area contributed by atoms with Crippen LogP contribution in [0, 0.1) is 0 Å². The Morgan fingerprint density at radius 3 is 2.35 bits per heavy atom. The Labute approximate surface area is 126 Å². The lowest BCUT2D eigenvalue weighted by molar-refractivity contribution is 0.167. The number of benzene rings is 1. The minimum atomic E-state index is -3.50. The predicted octanol–water partition coefficient (Wildman–Crippen LogP) is 2.86. The SMILES string of the molecule is CCC(C)N(CCOC)S(=O)(=O)c1ccc(CCl)cc1. The van der Waals surface area contributed by atoms with Gasteiger partial charge in [0.15, 0.2) is 0 Å². The molecule has 114 valence electrons. The zero-order valence-corrected chi connectivity index (χ0v) is 13.7. The Balaban J connectivity index is 3.07. The predicted molar refractivity (Wildman–Crippen MR) is 81.5 cm³/mol. The van der Waals surface area contributed by atoms with Crippen molar-refractivity contribution in [2.24, 2.45) is 0 Å². The molecule has 0 heterocycles. The van der Waals surface area contributed by atoms with Gasteiger partial charge >= 0.3 is 0 Å². The molecule has 0 aliphatic rings. The lowest BCUT2D eigenvalue weighted by atomic mass is 10.2. The van der Waals surface area contributed by atoms with E-state index in [0.29, 0.717) is 23.9 Å². The van der Waals surface area contributed by atoms with Crippen LogP contribution in [0.5, 0.6) is 0 Å². The van der Waals surface area contributed by atoms with Crippen LogP contribution in [0.3, 0.4) is 0 Å². The molecule has 1 rings (SSSR count). The fourth-order valence-corrected chi connectivity index (χ4v) is 3.72. The molecular weight excluding hydrogens is 298 g/mol. The summed E-state index contributed by atoms with van der Waals surface area (Å²) in [5.74, 6) is 0.374. The van der Waals surface area contributed by atoms with Crippen LogP contribution in [0.15, 0.2) is 29.2 Å². The highest BCUT2D eigenvalue weighted by Crippen LogP contribution is 2.20. The van der Waals surface area contributed by atoms with Crippen LogP contribution in [0.1, 0.15) is 25.8 Å². The van der Waals surface area contributed by atoms with Gasteiger partial charge in [-0.3, -0.25) is 0 Å². The van der Waals surface area contributed by atoms with E-state index in [1.54, 1.807) is 31.4 Å². The van der Waals surface area contributed by atoms with Crippen molar-refractivity contribution in [1.82, 2.24) is 4.31 Å². The van der Waals surface area contributed by atoms with Crippen LogP contribution in [0.4, 0.5) is 0 Å². The van der Waals surface area contributed by atoms with Crippen LogP contribution in [0.2, 0.25) is 0 Å². The summed E-state index contributed by atoms with van der Waals surface area (Å²) in [5, 5.41) is 0. The third kappa shape index (κ3) is 4.19. The molecule has 20 heavy (non-hydrogen) atoms. The summed E-state index contributed by atoms with van der Waals surface area (Å²) >= 11 is 5.72. The second-order valence-corrected chi connectivity index (χ2v) is 6.80. The smallest absolute Gasteiger partial charge is 0.243 e. The Morgan fingerprint density at radius 2 is 1.90 bits per heavy atom. The summed E-state index contributed by atoms with van der Waals surface area (Å²) in [4.78, 5) is 0.294. The second-order valence-electron chi connectivity index (χ2n) is 4.64. The molecule has 0 radical (unpaired) electrons. The average molecular weight is 320 g/mol. The highest BCUT2D eigenvalue weighted by atomic mass is 35.5. The summed E-state index contributed by atoms with van der Waals surface area (Å²) in [7, 11) is -1.93. The maximum atomic E-state index is 12.7. The first-order valence-corrected chi connectivity index (χ1v) is 8.60. The lowest BCUT2D eigenvalue weighted by Gasteiger charge is -2.27. The first-order valence-electron chi connectivity index (χ1n) is 6.63. The molecule has 0 N–H and O–H groups in total. The normalized spacial score (nSPS) is 13.7. The van der Waals surface area contributed by atoms with Crippen molar-refractivity contribution < 1.29 is 13.2 Å². The van der Waals surface area contributed by atoms with Crippen LogP contribution in [-0.4, -0.2) is 39.0 Å². The zero-order chi connectivity index (χ0) is 15.2. The Hall–Kier alpha value is -0.620. The van der Waals surface area contributed by atoms with E-state index in [1.807, 2.05) is 13.8 Å². The average Bonchev–Trinajstić information content (AvgIpc) is 2.47. The molecule has 0 aromatic heterocycles. The molecule has 0 amide bonds. The number of hydrogen-bond acceptors (Lipinski definition) is 3. The van der Waals surface area contributed by atoms with E-state index in [-0.39, 0.29) is 6.04 Å². The number of rotatable bonds is 8. The highest BCUT2D eigenvalue weighted by molar-refractivity contribution is 7.89. The van der Waals surface area contributed by atoms with Gasteiger partial charge in [-0.1, -0.05) is 19.1 Å². The van der Waals surface area contributed by atoms with Gasteiger partial charge in [0.1, 0.15) is 0 Å². The molecular formula is C14H22ClNO3S. The van der Waals surface area contributed by atoms with Crippen molar-refractivity contribution in [2.75, 3.05) is 20.3 Å². The van der Waals surface area contributed by atoms with Gasteiger partial charge in [-0.2, -0.15) is 4.31 Å². The van der Waals surface area contributed by atoms with Gasteiger partial charge in [0, 0.05) is 25.6 Å². The van der Waals surface area contributed by atoms with Crippen molar-refractivity contribution in [1.29, 1.82) is 0 Å². The standard InChI is InChI=1S/C14H22ClNO3S/c1-4-12(2)16(9-10-19-3)20(17,18)14-7-5-13(11-15)6-8-14/h5-8,12H,4,9-11H2,1-3H3. The Morgan fingerprint density at radius 1 is 1.30 bits per heavy atom. The number of sulfonamides is 1. The molecule has 0 saturated heterocycles. The quantitative estimate of drug-likeness (QED) is 0.692. The number of methoxy groups -OCH3 is 1. The molecule has 0 aliphatic heterocycles. The van der Waals surface area contributed by atoms with E-state index in [2.05, 4.69) is 0 Å². The summed E-state index contributed by atoms with van der Waals surface area (Å²) < 4.78 is 31.9. The van der Waals surface area contributed by atoms with E-state index in [0.717, 1.165) is 12.0 Å². The molecule has 1 aromatic rings. The van der Waals surface area contributed by atoms with Crippen molar-refractivity contribution in [3.63, 3.8) is 0 Å². The van der Waals surface area contributed by atoms with Crippen molar-refractivity contribution in [3.8, 4) is 0 Å². The summed E-state index contributed by atoms with van der Waals surface area (Å²) in [6, 6.07) is 6.63. The van der Waals surface area contributed by atoms with Gasteiger partial charge in [-0.25, -0.2) is 8.42 Å². The summed E-state index contributed by atoms with van der Waals surface area (Å²) in [6.07, 6.45) is 0.753. The third-order valence-electron chi connectivity index (χ3n) is 3.28. The van der Waals surface area contributed by atoms with Gasteiger partial charge < -0.3 is 4.74 Å². The number of halogens is 1. The Bertz CT molecular complexity index is 502. The number of alkyl halides is 1. The molecule has 1 unspecified atom stereocenters. The fourth-order valence-electron chi connectivity index (χ4n) is 1.85. The van der Waals surface area contributed by atoms with E-state index >= 15 is 0 Å². The van der Waals surface area contributed by atoms with Crippen molar-refractivity contribution in [2.45, 2.75) is 37.1 Å². The summed E-state index contributed by atoms with van der Waals surface area (Å²) in [6.45, 7) is 4.60. The van der Waals surface area contributed by atoms with Crippen LogP contribution in [0.25, 0.3) is 0 Å². The van der Waals surface area contributed by atoms with E-state index < -0.39 is 10.0 Å². The maximum absolute atomic E-state index is 12.7. The van der Waals surface area contributed by atoms with Gasteiger partial charge in [-0.05, 0) is 31.0 Å². The number of ether oxygens (including phenoxy) is 1. The van der Waals surface area contributed by atoms with Gasteiger partial charge in [0.2, 0.25) is 10.0 Å². The van der Waals surface area contributed by atoms with E-state index in [4.69, 9.17) is 16.3 Å². The molecule has 4 nitrogen and oxygen atoms in total. The van der Waals surface area contributed by atoms with Crippen LogP contribution < -0.4 is 0 Å². The molecule has 6 heteroatoms. The van der Waals surface area contributed by atoms with E-state index in [1.165, 1.54) is 4.31 Å². The zero-order valence-electron chi connectivity index (χ0n) is 12.2. The Kier molecular flexibility index (Phi) is 6.95. The first-order chi connectivity index (χ1) is 9.47. The second kappa shape index (κ2) is 7.98. The number of nitrogens with zero attached hydrogens (tertiary/aromatic N) is 1. The maximum Gasteiger partial charge on any atom is 0.243 e. The molecule has 0 spiro atoms. The monoisotopic (exact) mass is 319 g/mol. The van der Waals surface area contributed by atoms with Crippen LogP contribution >= 0.6 is 11.6 Å². The first kappa shape index (κ1) is 17.4. The van der Waals surface area contributed by atoms with E-state index in [9.17, 15) is 8.42 Å². The number of hydrogen-bond donors (Lipinski definition) is 0. The highest BCUT2D eigenvalue weighted by Gasteiger charge is 2.27. The fraction of sp³-hybridized carbons (Fsp3) is 0.571. The summed E-state index contributed by atoms with van der Waals surface area (Å²) in [5.41, 5.74) is 0.901. The van der Waals surface area contributed by atoms with Crippen molar-refractivity contribution >= 4 is 21.6 Å². The molecule has 0 saturated carbocycles. The molecule has 0 bridgehead atoms. The van der Waals surface area contributed by atoms with Gasteiger partial charge in [0.05, 0.1) is 11.5 Å². The van der Waals surface area contributed by atoms with Crippen LogP contribution in [-0.2, 0) is 20.6 Å². The van der Waals surface area contributed by atoms with Gasteiger partial charge in [0.25, 0.3) is 0 Å². The molecule has 0 fully saturated rings. The van der Waals surface area contributed by atoms with Crippen molar-refractivity contribution in [3.05, 3.63) is 29.8 Å². The molecule has 0 aliphatic carbocycles. The topological polar surface area (TPSA) is 46.6 Å². The minimum Gasteiger partial charge on any atom is -0.383 e. The van der Waals surface area contributed by atoms with Gasteiger partial charge in [-0.15, -0.1) is 11.6 Å². The largest absolute Gasteiger partial charge is 0.383 e. The molecule has 1 atom stereocenters.